The maximum Gasteiger partial charge on any atom is 0.407 e. The van der Waals surface area contributed by atoms with Gasteiger partial charge in [0.2, 0.25) is 0 Å². The largest absolute Gasteiger partial charge is 0.445 e. The van der Waals surface area contributed by atoms with Crippen molar-refractivity contribution in [2.75, 3.05) is 6.54 Å². The van der Waals surface area contributed by atoms with Crippen LogP contribution in [0, 0.1) is 0 Å². The number of carbonyl (C=O) groups excluding carboxylic acids is 1. The predicted octanol–water partition coefficient (Wildman–Crippen LogP) is 4.61. The molecule has 0 spiro atoms. The first-order valence-electron chi connectivity index (χ1n) is 10.6. The van der Waals surface area contributed by atoms with Crippen LogP contribution in [0.2, 0.25) is 0 Å². The van der Waals surface area contributed by atoms with Crippen molar-refractivity contribution in [2.45, 2.75) is 62.6 Å². The van der Waals surface area contributed by atoms with Gasteiger partial charge in [-0.25, -0.2) is 4.79 Å². The molecular formula is C24H30N2O2. The molecule has 1 aliphatic heterocycles. The van der Waals surface area contributed by atoms with Crippen LogP contribution in [0.1, 0.15) is 55.6 Å². The average Bonchev–Trinajstić information content (AvgIpc) is 3.18. The Morgan fingerprint density at radius 1 is 0.929 bits per heavy atom. The molecule has 2 N–H and O–H groups in total. The van der Waals surface area contributed by atoms with E-state index in [2.05, 4.69) is 71.3 Å². The summed E-state index contributed by atoms with van der Waals surface area (Å²) in [5.74, 6) is 0.248. The van der Waals surface area contributed by atoms with E-state index < -0.39 is 0 Å². The van der Waals surface area contributed by atoms with Crippen molar-refractivity contribution in [3.8, 4) is 0 Å². The Morgan fingerprint density at radius 3 is 2.14 bits per heavy atom. The van der Waals surface area contributed by atoms with E-state index in [0.29, 0.717) is 6.54 Å². The Bertz CT molecular complexity index is 704. The maximum atomic E-state index is 12.3. The summed E-state index contributed by atoms with van der Waals surface area (Å²) in [6.07, 6.45) is 6.32. The first kappa shape index (κ1) is 19.0. The number of nitrogens with one attached hydrogen (secondary N) is 2. The number of amides is 1. The lowest BCUT2D eigenvalue weighted by atomic mass is 9.84. The summed E-state index contributed by atoms with van der Waals surface area (Å²) >= 11 is 0. The number of benzene rings is 2. The molecule has 2 atom stereocenters. The summed E-state index contributed by atoms with van der Waals surface area (Å²) < 4.78 is 5.75. The van der Waals surface area contributed by atoms with Crippen LogP contribution in [0.5, 0.6) is 0 Å². The second kappa shape index (κ2) is 9.24. The second-order valence-electron chi connectivity index (χ2n) is 8.06. The third kappa shape index (κ3) is 4.74. The summed E-state index contributed by atoms with van der Waals surface area (Å²) in [6, 6.07) is 21.7. The van der Waals surface area contributed by atoms with Gasteiger partial charge in [-0.05, 0) is 24.0 Å². The van der Waals surface area contributed by atoms with E-state index in [1.807, 2.05) is 0 Å². The van der Waals surface area contributed by atoms with E-state index in [1.165, 1.54) is 30.4 Å². The molecule has 1 saturated carbocycles. The van der Waals surface area contributed by atoms with Gasteiger partial charge in [0.15, 0.2) is 0 Å². The lowest BCUT2D eigenvalue weighted by molar-refractivity contribution is 0.101. The fourth-order valence-electron chi connectivity index (χ4n) is 4.65. The van der Waals surface area contributed by atoms with Gasteiger partial charge in [-0.3, -0.25) is 0 Å². The number of hydrogen-bond acceptors (Lipinski definition) is 3. The molecule has 1 amide bonds. The number of hydrogen-bond donors (Lipinski definition) is 2. The molecule has 2 aromatic carbocycles. The topological polar surface area (TPSA) is 50.4 Å². The number of alkyl carbamates (subject to hydrolysis) is 1. The first-order valence-corrected chi connectivity index (χ1v) is 10.6. The van der Waals surface area contributed by atoms with E-state index in [4.69, 9.17) is 4.74 Å². The van der Waals surface area contributed by atoms with Crippen molar-refractivity contribution in [3.05, 3.63) is 71.8 Å². The van der Waals surface area contributed by atoms with Crippen molar-refractivity contribution in [3.63, 3.8) is 0 Å². The third-order valence-electron chi connectivity index (χ3n) is 6.05. The Hall–Kier alpha value is -2.33. The molecule has 4 nitrogen and oxygen atoms in total. The summed E-state index contributed by atoms with van der Waals surface area (Å²) in [6.45, 7) is 0.707. The fourth-order valence-corrected chi connectivity index (χ4v) is 4.65. The molecule has 0 bridgehead atoms. The molecule has 0 radical (unpaired) electrons. The van der Waals surface area contributed by atoms with Crippen LogP contribution in [-0.4, -0.2) is 30.8 Å². The highest BCUT2D eigenvalue weighted by Crippen LogP contribution is 2.32. The molecule has 1 aliphatic carbocycles. The van der Waals surface area contributed by atoms with Crippen molar-refractivity contribution >= 4 is 6.09 Å². The molecular weight excluding hydrogens is 348 g/mol. The fraction of sp³-hybridized carbons (Fsp3) is 0.458. The average molecular weight is 379 g/mol. The van der Waals surface area contributed by atoms with Gasteiger partial charge in [0.25, 0.3) is 0 Å². The number of rotatable bonds is 5. The monoisotopic (exact) mass is 378 g/mol. The maximum absolute atomic E-state index is 12.3. The first-order chi connectivity index (χ1) is 13.8. The van der Waals surface area contributed by atoms with Crippen LogP contribution in [0.4, 0.5) is 4.79 Å². The highest BCUT2D eigenvalue weighted by Gasteiger charge is 2.34. The molecule has 2 aromatic rings. The molecule has 1 saturated heterocycles. The quantitative estimate of drug-likeness (QED) is 0.799. The molecule has 2 fully saturated rings. The van der Waals surface area contributed by atoms with Gasteiger partial charge in [-0.1, -0.05) is 79.9 Å². The molecule has 148 valence electrons. The molecule has 4 heteroatoms. The Balaban J connectivity index is 1.40. The highest BCUT2D eigenvalue weighted by atomic mass is 16.6. The van der Waals surface area contributed by atoms with Gasteiger partial charge in [-0.2, -0.15) is 0 Å². The van der Waals surface area contributed by atoms with Crippen LogP contribution in [0.3, 0.4) is 0 Å². The molecule has 1 heterocycles. The van der Waals surface area contributed by atoms with Crippen molar-refractivity contribution in [1.82, 2.24) is 10.6 Å². The summed E-state index contributed by atoms with van der Waals surface area (Å²) in [5.41, 5.74) is 2.58. The van der Waals surface area contributed by atoms with Gasteiger partial charge in [0, 0.05) is 31.0 Å². The third-order valence-corrected chi connectivity index (χ3v) is 6.05. The zero-order chi connectivity index (χ0) is 19.2. The standard InChI is InChI=1S/C24H30N2O2/c27-24(26-20-14-8-3-9-15-20)28-21-16-22(25-17-21)23(18-10-4-1-5-11-18)19-12-6-2-7-13-19/h1-2,4-7,10-13,20-23,25H,3,8-9,14-17H2,(H,26,27)/t21-,22-/m0/s1. The van der Waals surface area contributed by atoms with Crippen LogP contribution in [0.25, 0.3) is 0 Å². The minimum Gasteiger partial charge on any atom is -0.445 e. The molecule has 0 aromatic heterocycles. The Labute approximate surface area is 167 Å². The van der Waals surface area contributed by atoms with Gasteiger partial charge in [0.1, 0.15) is 6.10 Å². The summed E-state index contributed by atoms with van der Waals surface area (Å²) in [5, 5.41) is 6.67. The van der Waals surface area contributed by atoms with Crippen LogP contribution in [0.15, 0.2) is 60.7 Å². The van der Waals surface area contributed by atoms with E-state index in [1.54, 1.807) is 0 Å². The summed E-state index contributed by atoms with van der Waals surface area (Å²) in [7, 11) is 0. The van der Waals surface area contributed by atoms with Crippen molar-refractivity contribution in [1.29, 1.82) is 0 Å². The van der Waals surface area contributed by atoms with E-state index in [0.717, 1.165) is 19.3 Å². The number of carbonyl (C=O) groups is 1. The van der Waals surface area contributed by atoms with E-state index in [-0.39, 0.29) is 30.2 Å². The SMILES string of the molecule is O=C(NC1CCCCC1)O[C@@H]1CN[C@H](C(c2ccccc2)c2ccccc2)C1. The zero-order valence-electron chi connectivity index (χ0n) is 16.3. The van der Waals surface area contributed by atoms with Gasteiger partial charge >= 0.3 is 6.09 Å². The van der Waals surface area contributed by atoms with Gasteiger partial charge in [0.05, 0.1) is 0 Å². The minimum atomic E-state index is -0.254. The van der Waals surface area contributed by atoms with Gasteiger partial charge in [-0.15, -0.1) is 0 Å². The predicted molar refractivity (Wildman–Crippen MR) is 111 cm³/mol. The van der Waals surface area contributed by atoms with Crippen LogP contribution < -0.4 is 10.6 Å². The van der Waals surface area contributed by atoms with Crippen molar-refractivity contribution in [2.24, 2.45) is 0 Å². The number of ether oxygens (including phenoxy) is 1. The second-order valence-corrected chi connectivity index (χ2v) is 8.06. The lowest BCUT2D eigenvalue weighted by Gasteiger charge is -2.25. The molecule has 2 aliphatic rings. The molecule has 0 unspecified atom stereocenters. The lowest BCUT2D eigenvalue weighted by Crippen LogP contribution is -2.38. The van der Waals surface area contributed by atoms with Gasteiger partial charge < -0.3 is 15.4 Å². The Kier molecular flexibility index (Phi) is 6.27. The smallest absolute Gasteiger partial charge is 0.407 e. The van der Waals surface area contributed by atoms with Crippen LogP contribution >= 0.6 is 0 Å². The molecule has 4 rings (SSSR count). The van der Waals surface area contributed by atoms with Crippen molar-refractivity contribution < 1.29 is 9.53 Å². The van der Waals surface area contributed by atoms with E-state index in [9.17, 15) is 4.79 Å². The minimum absolute atomic E-state index is 0.0801. The van der Waals surface area contributed by atoms with E-state index >= 15 is 0 Å². The van der Waals surface area contributed by atoms with Crippen LogP contribution in [-0.2, 0) is 4.74 Å². The Morgan fingerprint density at radius 2 is 1.54 bits per heavy atom. The summed E-state index contributed by atoms with van der Waals surface area (Å²) in [4.78, 5) is 12.3. The normalized spacial score (nSPS) is 22.9. The zero-order valence-corrected chi connectivity index (χ0v) is 16.3. The molecule has 28 heavy (non-hydrogen) atoms. The highest BCUT2D eigenvalue weighted by molar-refractivity contribution is 5.67.